The van der Waals surface area contributed by atoms with Crippen LogP contribution in [0, 0.1) is 0 Å². The van der Waals surface area contributed by atoms with E-state index in [1.807, 2.05) is 17.7 Å². The smallest absolute Gasteiger partial charge is 0.254 e. The van der Waals surface area contributed by atoms with Gasteiger partial charge in [0, 0.05) is 13.2 Å². The molecule has 1 atom stereocenters. The highest BCUT2D eigenvalue weighted by molar-refractivity contribution is 5.93. The summed E-state index contributed by atoms with van der Waals surface area (Å²) in [5.41, 5.74) is 0. The molecule has 2 rings (SSSR count). The molecule has 1 aromatic heterocycles. The Hall–Kier alpha value is -1.36. The predicted octanol–water partition coefficient (Wildman–Crippen LogP) is 2.36. The highest BCUT2D eigenvalue weighted by Crippen LogP contribution is 2.31. The molecule has 1 aliphatic rings. The lowest BCUT2D eigenvalue weighted by Gasteiger charge is -2.17. The van der Waals surface area contributed by atoms with E-state index in [0.717, 1.165) is 18.7 Å². The molecular weight excluding hydrogens is 230 g/mol. The summed E-state index contributed by atoms with van der Waals surface area (Å²) in [6, 6.07) is 2.27. The first kappa shape index (κ1) is 13.1. The maximum Gasteiger partial charge on any atom is 0.254 e. The van der Waals surface area contributed by atoms with Crippen LogP contribution >= 0.6 is 0 Å². The first-order valence-electron chi connectivity index (χ1n) is 6.63. The molecule has 0 aromatic carbocycles. The van der Waals surface area contributed by atoms with Crippen molar-refractivity contribution in [3.63, 3.8) is 0 Å². The number of nitrogens with one attached hydrogen (secondary N) is 1. The maximum absolute atomic E-state index is 12.0. The monoisotopic (exact) mass is 251 g/mol. The summed E-state index contributed by atoms with van der Waals surface area (Å²) in [7, 11) is 1.56. The standard InChI is InChI=1S/C13H21N3O2/c1-3-11(18-2)13(17)15-12-8-9-14-16(12)10-6-4-5-7-10/h8-11H,3-7H2,1-2H3,(H,15,17). The van der Waals surface area contributed by atoms with Gasteiger partial charge in [0.1, 0.15) is 11.9 Å². The summed E-state index contributed by atoms with van der Waals surface area (Å²) >= 11 is 0. The molecule has 100 valence electrons. The van der Waals surface area contributed by atoms with Gasteiger partial charge in [0.15, 0.2) is 0 Å². The third-order valence-electron chi connectivity index (χ3n) is 3.54. The normalized spacial score (nSPS) is 17.9. The Bertz CT molecular complexity index is 393. The van der Waals surface area contributed by atoms with Gasteiger partial charge < -0.3 is 10.1 Å². The summed E-state index contributed by atoms with van der Waals surface area (Å²) in [4.78, 5) is 12.0. The van der Waals surface area contributed by atoms with Crippen LogP contribution in [0.5, 0.6) is 0 Å². The average Bonchev–Trinajstić information content (AvgIpc) is 3.00. The van der Waals surface area contributed by atoms with Crippen LogP contribution in [0.2, 0.25) is 0 Å². The Balaban J connectivity index is 2.05. The Kier molecular flexibility index (Phi) is 4.36. The highest BCUT2D eigenvalue weighted by Gasteiger charge is 2.22. The molecule has 18 heavy (non-hydrogen) atoms. The molecule has 1 heterocycles. The lowest BCUT2D eigenvalue weighted by atomic mass is 10.2. The van der Waals surface area contributed by atoms with Gasteiger partial charge in [-0.15, -0.1) is 0 Å². The number of hydrogen-bond acceptors (Lipinski definition) is 3. The molecule has 1 aromatic rings. The number of anilines is 1. The molecule has 1 saturated carbocycles. The van der Waals surface area contributed by atoms with Crippen LogP contribution in [0.3, 0.4) is 0 Å². The van der Waals surface area contributed by atoms with E-state index in [1.165, 1.54) is 12.8 Å². The third-order valence-corrected chi connectivity index (χ3v) is 3.54. The van der Waals surface area contributed by atoms with Gasteiger partial charge in [-0.25, -0.2) is 4.68 Å². The molecule has 0 saturated heterocycles. The van der Waals surface area contributed by atoms with Crippen LogP contribution in [-0.4, -0.2) is 28.9 Å². The van der Waals surface area contributed by atoms with Crippen molar-refractivity contribution in [1.82, 2.24) is 9.78 Å². The molecular formula is C13H21N3O2. The van der Waals surface area contributed by atoms with Gasteiger partial charge in [-0.2, -0.15) is 5.10 Å². The summed E-state index contributed by atoms with van der Waals surface area (Å²) in [5, 5.41) is 7.23. The van der Waals surface area contributed by atoms with E-state index in [-0.39, 0.29) is 5.91 Å². The number of carbonyl (C=O) groups excluding carboxylic acids is 1. The van der Waals surface area contributed by atoms with E-state index in [2.05, 4.69) is 10.4 Å². The minimum absolute atomic E-state index is 0.0975. The van der Waals surface area contributed by atoms with Gasteiger partial charge in [-0.05, 0) is 19.3 Å². The van der Waals surface area contributed by atoms with Crippen molar-refractivity contribution in [2.75, 3.05) is 12.4 Å². The largest absolute Gasteiger partial charge is 0.372 e. The summed E-state index contributed by atoms with van der Waals surface area (Å²) < 4.78 is 7.07. The predicted molar refractivity (Wildman–Crippen MR) is 69.4 cm³/mol. The van der Waals surface area contributed by atoms with Gasteiger partial charge in [-0.1, -0.05) is 19.8 Å². The van der Waals surface area contributed by atoms with E-state index in [1.54, 1.807) is 13.3 Å². The van der Waals surface area contributed by atoms with Crippen LogP contribution in [-0.2, 0) is 9.53 Å². The minimum Gasteiger partial charge on any atom is -0.372 e. The highest BCUT2D eigenvalue weighted by atomic mass is 16.5. The topological polar surface area (TPSA) is 56.1 Å². The molecule has 1 amide bonds. The lowest BCUT2D eigenvalue weighted by Crippen LogP contribution is -2.30. The molecule has 0 radical (unpaired) electrons. The summed E-state index contributed by atoms with van der Waals surface area (Å²) in [6.07, 6.45) is 6.79. The fraction of sp³-hybridized carbons (Fsp3) is 0.692. The Morgan fingerprint density at radius 3 is 2.94 bits per heavy atom. The van der Waals surface area contributed by atoms with Gasteiger partial charge in [0.2, 0.25) is 0 Å². The first-order chi connectivity index (χ1) is 8.76. The van der Waals surface area contributed by atoms with Crippen molar-refractivity contribution in [3.05, 3.63) is 12.3 Å². The molecule has 0 bridgehead atoms. The zero-order valence-electron chi connectivity index (χ0n) is 11.1. The molecule has 1 fully saturated rings. The zero-order chi connectivity index (χ0) is 13.0. The van der Waals surface area contributed by atoms with Gasteiger partial charge in [-0.3, -0.25) is 4.79 Å². The molecule has 5 heteroatoms. The molecule has 5 nitrogen and oxygen atoms in total. The average molecular weight is 251 g/mol. The van der Waals surface area contributed by atoms with E-state index in [9.17, 15) is 4.79 Å². The number of aromatic nitrogens is 2. The fourth-order valence-electron chi connectivity index (χ4n) is 2.52. The van der Waals surface area contributed by atoms with Crippen molar-refractivity contribution >= 4 is 11.7 Å². The van der Waals surface area contributed by atoms with Crippen LogP contribution in [0.15, 0.2) is 12.3 Å². The number of methoxy groups -OCH3 is 1. The molecule has 0 aliphatic heterocycles. The van der Waals surface area contributed by atoms with Crippen molar-refractivity contribution in [2.24, 2.45) is 0 Å². The number of ether oxygens (including phenoxy) is 1. The van der Waals surface area contributed by atoms with Crippen LogP contribution in [0.1, 0.15) is 45.1 Å². The number of nitrogens with zero attached hydrogens (tertiary/aromatic N) is 2. The van der Waals surface area contributed by atoms with Gasteiger partial charge in [0.05, 0.1) is 12.2 Å². The van der Waals surface area contributed by atoms with E-state index < -0.39 is 6.10 Å². The van der Waals surface area contributed by atoms with Crippen molar-refractivity contribution in [2.45, 2.75) is 51.2 Å². The zero-order valence-corrected chi connectivity index (χ0v) is 11.1. The lowest BCUT2D eigenvalue weighted by molar-refractivity contribution is -0.125. The van der Waals surface area contributed by atoms with E-state index >= 15 is 0 Å². The Morgan fingerprint density at radius 2 is 2.33 bits per heavy atom. The summed E-state index contributed by atoms with van der Waals surface area (Å²) in [6.45, 7) is 1.93. The van der Waals surface area contributed by atoms with Crippen LogP contribution < -0.4 is 5.32 Å². The molecule has 1 unspecified atom stereocenters. The third kappa shape index (κ3) is 2.72. The second-order valence-electron chi connectivity index (χ2n) is 4.72. The molecule has 0 spiro atoms. The van der Waals surface area contributed by atoms with Crippen LogP contribution in [0.4, 0.5) is 5.82 Å². The number of hydrogen-bond donors (Lipinski definition) is 1. The SMILES string of the molecule is CCC(OC)C(=O)Nc1ccnn1C1CCCC1. The van der Waals surface area contributed by atoms with Crippen molar-refractivity contribution in [1.29, 1.82) is 0 Å². The second kappa shape index (κ2) is 6.00. The maximum atomic E-state index is 12.0. The van der Waals surface area contributed by atoms with E-state index in [4.69, 9.17) is 4.74 Å². The Labute approximate surface area is 108 Å². The Morgan fingerprint density at radius 1 is 1.61 bits per heavy atom. The number of amides is 1. The minimum atomic E-state index is -0.392. The first-order valence-corrected chi connectivity index (χ1v) is 6.63. The number of rotatable bonds is 5. The number of carbonyl (C=O) groups is 1. The molecule has 1 N–H and O–H groups in total. The van der Waals surface area contributed by atoms with Gasteiger partial charge in [0.25, 0.3) is 5.91 Å². The summed E-state index contributed by atoms with van der Waals surface area (Å²) in [5.74, 6) is 0.683. The van der Waals surface area contributed by atoms with Crippen LogP contribution in [0.25, 0.3) is 0 Å². The van der Waals surface area contributed by atoms with Gasteiger partial charge >= 0.3 is 0 Å². The fourth-order valence-corrected chi connectivity index (χ4v) is 2.52. The van der Waals surface area contributed by atoms with Crippen molar-refractivity contribution < 1.29 is 9.53 Å². The quantitative estimate of drug-likeness (QED) is 0.874. The van der Waals surface area contributed by atoms with E-state index in [0.29, 0.717) is 12.5 Å². The second-order valence-corrected chi connectivity index (χ2v) is 4.72. The van der Waals surface area contributed by atoms with Crippen molar-refractivity contribution in [3.8, 4) is 0 Å². The molecule has 1 aliphatic carbocycles.